The summed E-state index contributed by atoms with van der Waals surface area (Å²) in [6, 6.07) is 15.1. The van der Waals surface area contributed by atoms with Crippen LogP contribution in [0.3, 0.4) is 0 Å². The van der Waals surface area contributed by atoms with Crippen LogP contribution < -0.4 is 10.6 Å². The molecule has 3 aliphatic rings. The van der Waals surface area contributed by atoms with Crippen LogP contribution >= 0.6 is 0 Å². The molecule has 174 valence electrons. The standard InChI is InChI=1S/C26H26N4O4/c1-34-12-6-11-30-23(31)21-20(13-15-14-27-18-9-4-2-7-16(15)18)29-26(22(21)24(30)32)17-8-3-5-10-19(17)28-25(26)33/h2-5,7-10,14,20-22,27,29H,6,11-13H2,1H3,(H,28,33)/t20-,21-,22+,26+/m1/s1. The lowest BCUT2D eigenvalue weighted by Gasteiger charge is -2.29. The van der Waals surface area contributed by atoms with Crippen LogP contribution in [0.4, 0.5) is 5.69 Å². The van der Waals surface area contributed by atoms with Crippen LogP contribution in [-0.4, -0.2) is 53.9 Å². The molecule has 0 radical (unpaired) electrons. The van der Waals surface area contributed by atoms with E-state index in [1.807, 2.05) is 54.7 Å². The van der Waals surface area contributed by atoms with Gasteiger partial charge in [0.05, 0.1) is 11.8 Å². The van der Waals surface area contributed by atoms with E-state index in [0.717, 1.165) is 22.0 Å². The van der Waals surface area contributed by atoms with Gasteiger partial charge < -0.3 is 15.0 Å². The molecule has 2 saturated heterocycles. The first-order valence-electron chi connectivity index (χ1n) is 11.6. The second-order valence-corrected chi connectivity index (χ2v) is 9.30. The lowest BCUT2D eigenvalue weighted by Crippen LogP contribution is -2.53. The summed E-state index contributed by atoms with van der Waals surface area (Å²) in [5.74, 6) is -2.18. The largest absolute Gasteiger partial charge is 0.385 e. The van der Waals surface area contributed by atoms with Gasteiger partial charge in [-0.05, 0) is 30.5 Å². The Bertz CT molecular complexity index is 1320. The number of anilines is 1. The molecule has 3 aromatic rings. The lowest BCUT2D eigenvalue weighted by atomic mass is 9.76. The van der Waals surface area contributed by atoms with Crippen LogP contribution in [0.1, 0.15) is 17.5 Å². The van der Waals surface area contributed by atoms with E-state index in [1.165, 1.54) is 4.90 Å². The molecule has 0 unspecified atom stereocenters. The van der Waals surface area contributed by atoms with Gasteiger partial charge in [-0.15, -0.1) is 0 Å². The number of hydrogen-bond donors (Lipinski definition) is 3. The highest BCUT2D eigenvalue weighted by molar-refractivity contribution is 6.15. The smallest absolute Gasteiger partial charge is 0.250 e. The van der Waals surface area contributed by atoms with Crippen molar-refractivity contribution in [3.8, 4) is 0 Å². The van der Waals surface area contributed by atoms with Gasteiger partial charge in [-0.1, -0.05) is 36.4 Å². The predicted molar refractivity (Wildman–Crippen MR) is 126 cm³/mol. The van der Waals surface area contributed by atoms with Gasteiger partial charge in [0.15, 0.2) is 0 Å². The predicted octanol–water partition coefficient (Wildman–Crippen LogP) is 2.17. The van der Waals surface area contributed by atoms with Gasteiger partial charge in [-0.2, -0.15) is 0 Å². The van der Waals surface area contributed by atoms with Crippen molar-refractivity contribution in [2.75, 3.05) is 25.6 Å². The second-order valence-electron chi connectivity index (χ2n) is 9.30. The van der Waals surface area contributed by atoms with Crippen molar-refractivity contribution in [2.45, 2.75) is 24.4 Å². The zero-order chi connectivity index (χ0) is 23.4. The summed E-state index contributed by atoms with van der Waals surface area (Å²) in [6.07, 6.45) is 3.03. The Morgan fingerprint density at radius 1 is 1.03 bits per heavy atom. The highest BCUT2D eigenvalue weighted by atomic mass is 16.5. The molecule has 34 heavy (non-hydrogen) atoms. The molecular formula is C26H26N4O4. The summed E-state index contributed by atoms with van der Waals surface area (Å²) >= 11 is 0. The average Bonchev–Trinajstić information content (AvgIpc) is 3.55. The molecule has 1 aromatic heterocycles. The zero-order valence-electron chi connectivity index (χ0n) is 18.8. The molecule has 2 aromatic carbocycles. The van der Waals surface area contributed by atoms with Gasteiger partial charge in [-0.3, -0.25) is 24.6 Å². The quantitative estimate of drug-likeness (QED) is 0.388. The summed E-state index contributed by atoms with van der Waals surface area (Å²) in [6.45, 7) is 0.746. The van der Waals surface area contributed by atoms with Crippen LogP contribution in [0.25, 0.3) is 10.9 Å². The number of para-hydroxylation sites is 2. The molecule has 4 heterocycles. The molecule has 3 amide bonds. The topological polar surface area (TPSA) is 104 Å². The van der Waals surface area contributed by atoms with E-state index in [-0.39, 0.29) is 30.3 Å². The SMILES string of the molecule is COCCCN1C(=O)[C@H]2[C@@H](C1=O)[C@]1(N[C@@H]2Cc2c[nH]c3ccccc23)C(=O)Nc2ccccc21. The number of imide groups is 1. The zero-order valence-corrected chi connectivity index (χ0v) is 18.8. The number of rotatable bonds is 6. The number of carbonyl (C=O) groups excluding carboxylic acids is 3. The van der Waals surface area contributed by atoms with E-state index in [1.54, 1.807) is 7.11 Å². The van der Waals surface area contributed by atoms with Crippen molar-refractivity contribution in [3.63, 3.8) is 0 Å². The van der Waals surface area contributed by atoms with E-state index in [2.05, 4.69) is 15.6 Å². The third kappa shape index (κ3) is 2.82. The van der Waals surface area contributed by atoms with E-state index >= 15 is 0 Å². The fraction of sp³-hybridized carbons (Fsp3) is 0.346. The first-order chi connectivity index (χ1) is 16.6. The number of hydrogen-bond acceptors (Lipinski definition) is 5. The number of likely N-dealkylation sites (tertiary alicyclic amines) is 1. The average molecular weight is 459 g/mol. The monoisotopic (exact) mass is 458 g/mol. The molecule has 2 fully saturated rings. The van der Waals surface area contributed by atoms with E-state index < -0.39 is 17.4 Å². The Morgan fingerprint density at radius 2 is 1.82 bits per heavy atom. The number of ether oxygens (including phenoxy) is 1. The Hall–Kier alpha value is -3.49. The minimum absolute atomic E-state index is 0.211. The van der Waals surface area contributed by atoms with Crippen LogP contribution in [-0.2, 0) is 31.1 Å². The fourth-order valence-electron chi connectivity index (χ4n) is 6.12. The number of methoxy groups -OCH3 is 1. The van der Waals surface area contributed by atoms with Crippen LogP contribution in [0.15, 0.2) is 54.7 Å². The van der Waals surface area contributed by atoms with Gasteiger partial charge in [-0.25, -0.2) is 0 Å². The summed E-state index contributed by atoms with van der Waals surface area (Å²) in [5, 5.41) is 7.53. The maximum absolute atomic E-state index is 13.7. The first-order valence-corrected chi connectivity index (χ1v) is 11.6. The van der Waals surface area contributed by atoms with Crippen LogP contribution in [0.5, 0.6) is 0 Å². The highest BCUT2D eigenvalue weighted by Gasteiger charge is 2.70. The molecule has 0 aliphatic carbocycles. The van der Waals surface area contributed by atoms with Crippen molar-refractivity contribution in [1.82, 2.24) is 15.2 Å². The Kier molecular flexibility index (Phi) is 4.82. The Morgan fingerprint density at radius 3 is 2.68 bits per heavy atom. The maximum atomic E-state index is 13.7. The van der Waals surface area contributed by atoms with Gasteiger partial charge in [0.25, 0.3) is 0 Å². The maximum Gasteiger partial charge on any atom is 0.250 e. The van der Waals surface area contributed by atoms with E-state index in [0.29, 0.717) is 25.1 Å². The molecule has 8 heteroatoms. The molecule has 3 aliphatic heterocycles. The number of benzene rings is 2. The summed E-state index contributed by atoms with van der Waals surface area (Å²) in [5.41, 5.74) is 2.22. The molecule has 0 bridgehead atoms. The Balaban J connectivity index is 1.43. The van der Waals surface area contributed by atoms with Gasteiger partial charge >= 0.3 is 0 Å². The number of aromatic amines is 1. The molecule has 3 N–H and O–H groups in total. The molecule has 8 nitrogen and oxygen atoms in total. The van der Waals surface area contributed by atoms with E-state index in [4.69, 9.17) is 4.74 Å². The number of H-pyrrole nitrogens is 1. The highest BCUT2D eigenvalue weighted by Crippen LogP contribution is 2.53. The van der Waals surface area contributed by atoms with Crippen LogP contribution in [0.2, 0.25) is 0 Å². The molecular weight excluding hydrogens is 432 g/mol. The van der Waals surface area contributed by atoms with Gasteiger partial charge in [0.1, 0.15) is 5.54 Å². The van der Waals surface area contributed by atoms with Crippen molar-refractivity contribution < 1.29 is 19.1 Å². The second kappa shape index (κ2) is 7.78. The number of carbonyl (C=O) groups is 3. The Labute approximate surface area is 196 Å². The number of amides is 3. The lowest BCUT2D eigenvalue weighted by molar-refractivity contribution is -0.143. The number of fused-ring (bicyclic) bond motifs is 5. The van der Waals surface area contributed by atoms with Crippen molar-refractivity contribution in [1.29, 1.82) is 0 Å². The first kappa shape index (κ1) is 21.1. The van der Waals surface area contributed by atoms with Crippen LogP contribution in [0, 0.1) is 11.8 Å². The summed E-state index contributed by atoms with van der Waals surface area (Å²) < 4.78 is 5.13. The fourth-order valence-corrected chi connectivity index (χ4v) is 6.12. The molecule has 4 atom stereocenters. The third-order valence-corrected chi connectivity index (χ3v) is 7.56. The van der Waals surface area contributed by atoms with Crippen molar-refractivity contribution in [2.24, 2.45) is 11.8 Å². The van der Waals surface area contributed by atoms with Crippen molar-refractivity contribution in [3.05, 3.63) is 65.9 Å². The molecule has 1 spiro atoms. The minimum atomic E-state index is -1.26. The third-order valence-electron chi connectivity index (χ3n) is 7.56. The number of nitrogens with zero attached hydrogens (tertiary/aromatic N) is 1. The summed E-state index contributed by atoms with van der Waals surface area (Å²) in [4.78, 5) is 45.5. The van der Waals surface area contributed by atoms with Gasteiger partial charge in [0, 0.05) is 54.7 Å². The number of aromatic nitrogens is 1. The minimum Gasteiger partial charge on any atom is -0.385 e. The molecule has 0 saturated carbocycles. The number of nitrogens with one attached hydrogen (secondary N) is 3. The summed E-state index contributed by atoms with van der Waals surface area (Å²) in [7, 11) is 1.60. The van der Waals surface area contributed by atoms with E-state index in [9.17, 15) is 14.4 Å². The van der Waals surface area contributed by atoms with Crippen molar-refractivity contribution >= 4 is 34.3 Å². The normalized spacial score (nSPS) is 27.6. The van der Waals surface area contributed by atoms with Gasteiger partial charge in [0.2, 0.25) is 17.7 Å². The molecule has 6 rings (SSSR count).